The summed E-state index contributed by atoms with van der Waals surface area (Å²) in [6, 6.07) is 11.9. The van der Waals surface area contributed by atoms with Crippen LogP contribution in [0.25, 0.3) is 11.0 Å². The van der Waals surface area contributed by atoms with Crippen LogP contribution < -0.4 is 15.1 Å². The summed E-state index contributed by atoms with van der Waals surface area (Å²) >= 11 is 4.78. The molecule has 0 aliphatic carbocycles. The summed E-state index contributed by atoms with van der Waals surface area (Å²) in [5.74, 6) is 0.291. The van der Waals surface area contributed by atoms with Gasteiger partial charge < -0.3 is 9.15 Å². The van der Waals surface area contributed by atoms with Gasteiger partial charge in [0.1, 0.15) is 16.3 Å². The SMILES string of the molecule is CCCc1nnc(N2C(=O)c3oc4ccc(Br)cc4c(=O)c3C2c2cccc(OCC)c2)s1. The molecule has 2 aromatic carbocycles. The van der Waals surface area contributed by atoms with Gasteiger partial charge in [0.25, 0.3) is 5.91 Å². The Bertz CT molecular complexity index is 1430. The maximum atomic E-state index is 13.7. The quantitative estimate of drug-likeness (QED) is 0.330. The second-order valence-electron chi connectivity index (χ2n) is 7.63. The number of benzene rings is 2. The molecular weight excluding hydrogens is 506 g/mol. The topological polar surface area (TPSA) is 85.5 Å². The predicted molar refractivity (Wildman–Crippen MR) is 130 cm³/mol. The van der Waals surface area contributed by atoms with Gasteiger partial charge in [-0.25, -0.2) is 0 Å². The Morgan fingerprint density at radius 2 is 2.00 bits per heavy atom. The monoisotopic (exact) mass is 525 g/mol. The Labute approximate surface area is 202 Å². The van der Waals surface area contributed by atoms with E-state index in [1.54, 1.807) is 18.2 Å². The maximum absolute atomic E-state index is 13.7. The van der Waals surface area contributed by atoms with Crippen LogP contribution >= 0.6 is 27.3 Å². The summed E-state index contributed by atoms with van der Waals surface area (Å²) in [6.07, 6.45) is 1.69. The maximum Gasteiger partial charge on any atom is 0.297 e. The Kier molecular flexibility index (Phi) is 5.76. The number of nitrogens with zero attached hydrogens (tertiary/aromatic N) is 3. The molecule has 33 heavy (non-hydrogen) atoms. The van der Waals surface area contributed by atoms with Crippen LogP contribution in [0.15, 0.2) is 56.1 Å². The Hall–Kier alpha value is -3.04. The van der Waals surface area contributed by atoms with E-state index in [0.717, 1.165) is 27.9 Å². The third-order valence-corrected chi connectivity index (χ3v) is 6.92. The second-order valence-corrected chi connectivity index (χ2v) is 9.58. The normalized spacial score (nSPS) is 15.3. The molecule has 5 rings (SSSR count). The third kappa shape index (κ3) is 3.75. The molecule has 1 atom stereocenters. The number of amides is 1. The molecule has 4 aromatic rings. The minimum Gasteiger partial charge on any atom is -0.494 e. The fourth-order valence-corrected chi connectivity index (χ4v) is 5.38. The number of aromatic nitrogens is 2. The predicted octanol–water partition coefficient (Wildman–Crippen LogP) is 5.51. The molecule has 1 aliphatic rings. The minimum atomic E-state index is -0.699. The molecule has 0 bridgehead atoms. The number of hydrogen-bond donors (Lipinski definition) is 0. The van der Waals surface area contributed by atoms with Crippen LogP contribution in [-0.4, -0.2) is 22.7 Å². The molecule has 0 fully saturated rings. The van der Waals surface area contributed by atoms with E-state index in [1.165, 1.54) is 16.2 Å². The zero-order chi connectivity index (χ0) is 23.1. The van der Waals surface area contributed by atoms with Crippen molar-refractivity contribution in [1.29, 1.82) is 0 Å². The van der Waals surface area contributed by atoms with Crippen LogP contribution in [0.2, 0.25) is 0 Å². The highest BCUT2D eigenvalue weighted by Gasteiger charge is 2.45. The van der Waals surface area contributed by atoms with Crippen molar-refractivity contribution in [2.75, 3.05) is 11.5 Å². The molecule has 3 heterocycles. The third-order valence-electron chi connectivity index (χ3n) is 5.44. The van der Waals surface area contributed by atoms with Gasteiger partial charge >= 0.3 is 0 Å². The lowest BCUT2D eigenvalue weighted by Crippen LogP contribution is -2.29. The van der Waals surface area contributed by atoms with Gasteiger partial charge in [-0.1, -0.05) is 46.3 Å². The van der Waals surface area contributed by atoms with Crippen molar-refractivity contribution in [3.8, 4) is 5.75 Å². The number of aryl methyl sites for hydroxylation is 1. The van der Waals surface area contributed by atoms with Gasteiger partial charge in [0, 0.05) is 10.9 Å². The fraction of sp³-hybridized carbons (Fsp3) is 0.250. The number of rotatable bonds is 6. The second kappa shape index (κ2) is 8.72. The van der Waals surface area contributed by atoms with Crippen LogP contribution in [0.5, 0.6) is 5.75 Å². The molecule has 1 unspecified atom stereocenters. The molecule has 1 amide bonds. The van der Waals surface area contributed by atoms with Crippen LogP contribution in [0, 0.1) is 0 Å². The Morgan fingerprint density at radius 3 is 2.79 bits per heavy atom. The van der Waals surface area contributed by atoms with Crippen molar-refractivity contribution in [2.45, 2.75) is 32.7 Å². The summed E-state index contributed by atoms with van der Waals surface area (Å²) in [6.45, 7) is 4.47. The average Bonchev–Trinajstić information content (AvgIpc) is 3.37. The zero-order valence-electron chi connectivity index (χ0n) is 18.0. The van der Waals surface area contributed by atoms with Gasteiger partial charge in [-0.05, 0) is 49.2 Å². The van der Waals surface area contributed by atoms with Gasteiger partial charge in [0.05, 0.1) is 23.6 Å². The first-order valence-electron chi connectivity index (χ1n) is 10.7. The standard InChI is InChI=1S/C24H20BrN3O4S/c1-3-6-18-26-27-24(33-18)28-20(13-7-5-8-15(11-13)31-4-2)19-21(29)16-12-14(25)9-10-17(16)32-22(19)23(28)30/h5,7-12,20H,3-4,6H2,1-2H3. The number of carbonyl (C=O) groups excluding carboxylic acids is 1. The fourth-order valence-electron chi connectivity index (χ4n) is 4.06. The number of ether oxygens (including phenoxy) is 1. The molecule has 2 aromatic heterocycles. The van der Waals surface area contributed by atoms with Gasteiger partial charge in [-0.15, -0.1) is 10.2 Å². The molecule has 168 valence electrons. The van der Waals surface area contributed by atoms with Crippen molar-refractivity contribution < 1.29 is 13.9 Å². The van der Waals surface area contributed by atoms with E-state index in [9.17, 15) is 9.59 Å². The molecule has 1 aliphatic heterocycles. The molecular formula is C24H20BrN3O4S. The average molecular weight is 526 g/mol. The van der Waals surface area contributed by atoms with Crippen LogP contribution in [0.3, 0.4) is 0 Å². The lowest BCUT2D eigenvalue weighted by molar-refractivity contribution is 0.0970. The van der Waals surface area contributed by atoms with Crippen LogP contribution in [0.1, 0.15) is 53.0 Å². The molecule has 9 heteroatoms. The summed E-state index contributed by atoms with van der Waals surface area (Å²) in [5, 5.41) is 10.2. The molecule has 0 saturated carbocycles. The van der Waals surface area contributed by atoms with E-state index in [-0.39, 0.29) is 11.2 Å². The smallest absolute Gasteiger partial charge is 0.297 e. The van der Waals surface area contributed by atoms with Crippen LogP contribution in [0.4, 0.5) is 5.13 Å². The summed E-state index contributed by atoms with van der Waals surface area (Å²) in [5.41, 5.74) is 1.16. The van der Waals surface area contributed by atoms with Crippen molar-refractivity contribution in [2.24, 2.45) is 0 Å². The highest BCUT2D eigenvalue weighted by atomic mass is 79.9. The minimum absolute atomic E-state index is 0.0360. The molecule has 0 saturated heterocycles. The summed E-state index contributed by atoms with van der Waals surface area (Å²) in [7, 11) is 0. The van der Waals surface area contributed by atoms with E-state index in [1.807, 2.05) is 31.2 Å². The van der Waals surface area contributed by atoms with Gasteiger partial charge in [-0.3, -0.25) is 14.5 Å². The van der Waals surface area contributed by atoms with E-state index < -0.39 is 11.9 Å². The van der Waals surface area contributed by atoms with Gasteiger partial charge in [0.15, 0.2) is 5.43 Å². The Morgan fingerprint density at radius 1 is 1.15 bits per heavy atom. The van der Waals surface area contributed by atoms with E-state index in [4.69, 9.17) is 9.15 Å². The number of halogens is 1. The number of hydrogen-bond acceptors (Lipinski definition) is 7. The largest absolute Gasteiger partial charge is 0.494 e. The first-order chi connectivity index (χ1) is 16.0. The number of anilines is 1. The van der Waals surface area contributed by atoms with Crippen molar-refractivity contribution in [1.82, 2.24) is 10.2 Å². The first-order valence-corrected chi connectivity index (χ1v) is 12.3. The lowest BCUT2D eigenvalue weighted by atomic mass is 9.98. The van der Waals surface area contributed by atoms with Crippen LogP contribution in [-0.2, 0) is 6.42 Å². The number of fused-ring (bicyclic) bond motifs is 2. The molecule has 7 nitrogen and oxygen atoms in total. The Balaban J connectivity index is 1.75. The highest BCUT2D eigenvalue weighted by Crippen LogP contribution is 2.43. The van der Waals surface area contributed by atoms with Crippen molar-refractivity contribution >= 4 is 49.3 Å². The van der Waals surface area contributed by atoms with Crippen molar-refractivity contribution in [3.05, 3.63) is 79.1 Å². The molecule has 0 N–H and O–H groups in total. The summed E-state index contributed by atoms with van der Waals surface area (Å²) in [4.78, 5) is 28.8. The van der Waals surface area contributed by atoms with E-state index >= 15 is 0 Å². The first kappa shape index (κ1) is 21.8. The van der Waals surface area contributed by atoms with Gasteiger partial charge in [0.2, 0.25) is 10.9 Å². The summed E-state index contributed by atoms with van der Waals surface area (Å²) < 4.78 is 12.4. The molecule has 0 radical (unpaired) electrons. The van der Waals surface area contributed by atoms with E-state index in [0.29, 0.717) is 34.0 Å². The number of carbonyl (C=O) groups is 1. The molecule has 0 spiro atoms. The zero-order valence-corrected chi connectivity index (χ0v) is 20.4. The lowest BCUT2D eigenvalue weighted by Gasteiger charge is -2.22. The highest BCUT2D eigenvalue weighted by molar-refractivity contribution is 9.10. The van der Waals surface area contributed by atoms with Crippen molar-refractivity contribution in [3.63, 3.8) is 0 Å². The van der Waals surface area contributed by atoms with Gasteiger partial charge in [-0.2, -0.15) is 0 Å². The van der Waals surface area contributed by atoms with E-state index in [2.05, 4.69) is 33.1 Å².